The topological polar surface area (TPSA) is 66.0 Å². The standard InChI is InChI=1S/C11H14N2O3S/c1-12-9-13(7-4-8-17(14,15)16)11-6-3-2-5-10(11)12/h2-3,5-6,9H,4,7-8H2,1H3. The molecule has 0 saturated heterocycles. The maximum atomic E-state index is 10.5. The fourth-order valence-electron chi connectivity index (χ4n) is 1.93. The van der Waals surface area contributed by atoms with Crippen molar-refractivity contribution in [2.45, 2.75) is 13.0 Å². The van der Waals surface area contributed by atoms with Gasteiger partial charge in [-0.3, -0.25) is 0 Å². The molecule has 1 aromatic carbocycles. The first-order valence-corrected chi connectivity index (χ1v) is 6.92. The second-order valence-corrected chi connectivity index (χ2v) is 5.55. The predicted octanol–water partition coefficient (Wildman–Crippen LogP) is 0.401. The fourth-order valence-corrected chi connectivity index (χ4v) is 2.41. The second-order valence-electron chi connectivity index (χ2n) is 4.02. The van der Waals surface area contributed by atoms with Crippen molar-refractivity contribution in [1.29, 1.82) is 0 Å². The molecule has 6 heteroatoms. The summed E-state index contributed by atoms with van der Waals surface area (Å²) in [6.07, 6.45) is 2.24. The van der Waals surface area contributed by atoms with Crippen LogP contribution in [-0.2, 0) is 23.7 Å². The molecule has 0 N–H and O–H groups in total. The largest absolute Gasteiger partial charge is 0.748 e. The van der Waals surface area contributed by atoms with Crippen molar-refractivity contribution >= 4 is 21.2 Å². The van der Waals surface area contributed by atoms with Gasteiger partial charge in [0, 0.05) is 5.75 Å². The minimum atomic E-state index is -4.11. The lowest BCUT2D eigenvalue weighted by Crippen LogP contribution is -2.25. The molecule has 17 heavy (non-hydrogen) atoms. The Hall–Kier alpha value is -1.40. The number of aryl methyl sites for hydroxylation is 2. The first-order valence-electron chi connectivity index (χ1n) is 5.34. The van der Waals surface area contributed by atoms with Gasteiger partial charge in [0.25, 0.3) is 0 Å². The van der Waals surface area contributed by atoms with Crippen LogP contribution in [0.1, 0.15) is 6.42 Å². The highest BCUT2D eigenvalue weighted by molar-refractivity contribution is 7.85. The molecule has 0 radical (unpaired) electrons. The first kappa shape index (κ1) is 12.1. The van der Waals surface area contributed by atoms with Crippen LogP contribution in [0, 0.1) is 0 Å². The first-order chi connectivity index (χ1) is 7.97. The molecule has 0 amide bonds. The maximum absolute atomic E-state index is 10.5. The fraction of sp³-hybridized carbons (Fsp3) is 0.364. The zero-order valence-corrected chi connectivity index (χ0v) is 10.4. The van der Waals surface area contributed by atoms with Gasteiger partial charge in [-0.05, 0) is 18.6 Å². The summed E-state index contributed by atoms with van der Waals surface area (Å²) < 4.78 is 35.5. The highest BCUT2D eigenvalue weighted by Gasteiger charge is 2.11. The van der Waals surface area contributed by atoms with E-state index in [-0.39, 0.29) is 5.75 Å². The summed E-state index contributed by atoms with van der Waals surface area (Å²) >= 11 is 0. The third-order valence-electron chi connectivity index (χ3n) is 2.68. The van der Waals surface area contributed by atoms with Crippen molar-refractivity contribution in [3.05, 3.63) is 30.6 Å². The van der Waals surface area contributed by atoms with Crippen LogP contribution in [0.2, 0.25) is 0 Å². The molecule has 1 heterocycles. The van der Waals surface area contributed by atoms with E-state index in [1.807, 2.05) is 46.8 Å². The number of hydrogen-bond donors (Lipinski definition) is 0. The lowest BCUT2D eigenvalue weighted by Gasteiger charge is -2.04. The molecule has 0 aliphatic carbocycles. The van der Waals surface area contributed by atoms with Gasteiger partial charge in [-0.25, -0.2) is 17.6 Å². The molecule has 2 rings (SSSR count). The summed E-state index contributed by atoms with van der Waals surface area (Å²) in [6, 6.07) is 7.86. The number of benzene rings is 1. The molecule has 0 fully saturated rings. The Morgan fingerprint density at radius 2 is 2.06 bits per heavy atom. The number of rotatable bonds is 4. The van der Waals surface area contributed by atoms with E-state index in [1.165, 1.54) is 0 Å². The van der Waals surface area contributed by atoms with Gasteiger partial charge in [0.1, 0.15) is 0 Å². The summed E-state index contributed by atoms with van der Waals surface area (Å²) in [7, 11) is -2.18. The smallest absolute Gasteiger partial charge is 0.244 e. The summed E-state index contributed by atoms with van der Waals surface area (Å²) in [5.74, 6) is -0.316. The van der Waals surface area contributed by atoms with Crippen molar-refractivity contribution in [2.24, 2.45) is 7.05 Å². The number of aromatic nitrogens is 2. The van der Waals surface area contributed by atoms with E-state index in [9.17, 15) is 13.0 Å². The summed E-state index contributed by atoms with van der Waals surface area (Å²) in [4.78, 5) is 0. The van der Waals surface area contributed by atoms with E-state index < -0.39 is 10.1 Å². The van der Waals surface area contributed by atoms with Gasteiger partial charge in [0.15, 0.2) is 11.0 Å². The molecular formula is C11H14N2O3S. The van der Waals surface area contributed by atoms with E-state index in [0.717, 1.165) is 11.0 Å². The molecule has 0 spiro atoms. The van der Waals surface area contributed by atoms with Crippen molar-refractivity contribution in [1.82, 2.24) is 4.57 Å². The Bertz CT molecular complexity index is 631. The Morgan fingerprint density at radius 1 is 1.35 bits per heavy atom. The van der Waals surface area contributed by atoms with Crippen LogP contribution in [0.25, 0.3) is 11.0 Å². The molecule has 92 valence electrons. The molecule has 1 aromatic heterocycles. The van der Waals surface area contributed by atoms with Crippen molar-refractivity contribution < 1.29 is 17.5 Å². The summed E-state index contributed by atoms with van der Waals surface area (Å²) in [5.41, 5.74) is 2.12. The minimum absolute atomic E-state index is 0.316. The molecule has 0 atom stereocenters. The van der Waals surface area contributed by atoms with Crippen LogP contribution in [0.5, 0.6) is 0 Å². The zero-order valence-electron chi connectivity index (χ0n) is 9.54. The maximum Gasteiger partial charge on any atom is 0.244 e. The summed E-state index contributed by atoms with van der Waals surface area (Å²) in [6.45, 7) is 0.531. The minimum Gasteiger partial charge on any atom is -0.748 e. The van der Waals surface area contributed by atoms with Crippen molar-refractivity contribution in [3.63, 3.8) is 0 Å². The van der Waals surface area contributed by atoms with Gasteiger partial charge in [-0.15, -0.1) is 0 Å². The molecule has 0 aliphatic heterocycles. The van der Waals surface area contributed by atoms with E-state index in [2.05, 4.69) is 0 Å². The molecule has 0 unspecified atom stereocenters. The molecule has 0 bridgehead atoms. The van der Waals surface area contributed by atoms with Crippen molar-refractivity contribution in [3.8, 4) is 0 Å². The number of imidazole rings is 1. The number of para-hydroxylation sites is 2. The van der Waals surface area contributed by atoms with Gasteiger partial charge in [0.2, 0.25) is 6.33 Å². The Balaban J connectivity index is 2.19. The molecule has 0 saturated carbocycles. The quantitative estimate of drug-likeness (QED) is 0.586. The van der Waals surface area contributed by atoms with E-state index in [0.29, 0.717) is 13.0 Å². The highest BCUT2D eigenvalue weighted by atomic mass is 32.2. The number of nitrogens with zero attached hydrogens (tertiary/aromatic N) is 2. The lowest BCUT2D eigenvalue weighted by molar-refractivity contribution is -0.645. The van der Waals surface area contributed by atoms with Gasteiger partial charge in [-0.2, -0.15) is 0 Å². The third-order valence-corrected chi connectivity index (χ3v) is 3.47. The van der Waals surface area contributed by atoms with Crippen LogP contribution in [0.3, 0.4) is 0 Å². The van der Waals surface area contributed by atoms with Crippen LogP contribution >= 0.6 is 0 Å². The average molecular weight is 254 g/mol. The van der Waals surface area contributed by atoms with Crippen LogP contribution in [0.15, 0.2) is 30.6 Å². The van der Waals surface area contributed by atoms with Gasteiger partial charge in [0.05, 0.1) is 23.7 Å². The second kappa shape index (κ2) is 4.46. The highest BCUT2D eigenvalue weighted by Crippen LogP contribution is 2.10. The van der Waals surface area contributed by atoms with Crippen LogP contribution < -0.4 is 4.57 Å². The molecular weight excluding hydrogens is 240 g/mol. The molecule has 0 aliphatic rings. The average Bonchev–Trinajstić information content (AvgIpc) is 2.55. The lowest BCUT2D eigenvalue weighted by atomic mass is 10.3. The van der Waals surface area contributed by atoms with Crippen LogP contribution in [0.4, 0.5) is 0 Å². The summed E-state index contributed by atoms with van der Waals surface area (Å²) in [5, 5.41) is 0. The molecule has 2 aromatic rings. The van der Waals surface area contributed by atoms with Gasteiger partial charge < -0.3 is 4.55 Å². The number of fused-ring (bicyclic) bond motifs is 1. The van der Waals surface area contributed by atoms with Crippen molar-refractivity contribution in [2.75, 3.05) is 5.75 Å². The van der Waals surface area contributed by atoms with Gasteiger partial charge in [-0.1, -0.05) is 12.1 Å². The monoisotopic (exact) mass is 254 g/mol. The zero-order chi connectivity index (χ0) is 12.5. The third kappa shape index (κ3) is 2.83. The van der Waals surface area contributed by atoms with Crippen LogP contribution in [-0.4, -0.2) is 23.3 Å². The van der Waals surface area contributed by atoms with Gasteiger partial charge >= 0.3 is 0 Å². The normalized spacial score (nSPS) is 12.1. The van der Waals surface area contributed by atoms with E-state index in [4.69, 9.17) is 0 Å². The SMILES string of the molecule is C[n+]1cn(CCCS(=O)(=O)[O-])c2ccccc21. The predicted molar refractivity (Wildman–Crippen MR) is 62.3 cm³/mol. The Kier molecular flexibility index (Phi) is 3.17. The molecule has 5 nitrogen and oxygen atoms in total. The van der Waals surface area contributed by atoms with E-state index >= 15 is 0 Å². The number of hydrogen-bond acceptors (Lipinski definition) is 3. The van der Waals surface area contributed by atoms with E-state index in [1.54, 1.807) is 0 Å². The Labute approximate surface area is 100 Å². The Morgan fingerprint density at radius 3 is 2.76 bits per heavy atom.